The molecule has 0 aliphatic heterocycles. The van der Waals surface area contributed by atoms with Crippen molar-refractivity contribution in [3.05, 3.63) is 0 Å². The molecular formula is C11H17NO10. The minimum absolute atomic E-state index is 0.0231. The summed E-state index contributed by atoms with van der Waals surface area (Å²) in [4.78, 5) is 50.2. The topological polar surface area (TPSA) is 213 Å². The van der Waals surface area contributed by atoms with E-state index in [-0.39, 0.29) is 12.8 Å². The second kappa shape index (κ2) is 11.0. The van der Waals surface area contributed by atoms with Crippen LogP contribution in [0.25, 0.3) is 0 Å². The summed E-state index contributed by atoms with van der Waals surface area (Å²) < 4.78 is 0. The zero-order valence-electron chi connectivity index (χ0n) is 11.3. The zero-order chi connectivity index (χ0) is 17.9. The third-order valence-corrected chi connectivity index (χ3v) is 2.18. The number of nitrogens with two attached hydrogens (primary N) is 1. The van der Waals surface area contributed by atoms with Gasteiger partial charge in [-0.25, -0.2) is 0 Å². The highest BCUT2D eigenvalue weighted by Gasteiger charge is 2.23. The van der Waals surface area contributed by atoms with Crippen LogP contribution in [-0.2, 0) is 24.0 Å². The normalized spacial score (nSPS) is 11.0. The molecule has 22 heavy (non-hydrogen) atoms. The molecule has 11 nitrogen and oxygen atoms in total. The van der Waals surface area contributed by atoms with E-state index in [1.54, 1.807) is 0 Å². The molecule has 0 aromatic carbocycles. The molecule has 0 saturated heterocycles. The maximum atomic E-state index is 10.2. The van der Waals surface area contributed by atoms with E-state index in [2.05, 4.69) is 0 Å². The Morgan fingerprint density at radius 2 is 1.14 bits per heavy atom. The van der Waals surface area contributed by atoms with Crippen LogP contribution in [0.3, 0.4) is 0 Å². The van der Waals surface area contributed by atoms with Gasteiger partial charge in [0, 0.05) is 6.42 Å². The van der Waals surface area contributed by atoms with Crippen molar-refractivity contribution in [3.8, 4) is 0 Å². The minimum atomic E-state index is -1.40. The van der Waals surface area contributed by atoms with Gasteiger partial charge in [-0.2, -0.15) is 0 Å². The number of aliphatic carboxylic acids is 5. The molecule has 0 aliphatic carbocycles. The van der Waals surface area contributed by atoms with Crippen molar-refractivity contribution in [2.45, 2.75) is 31.7 Å². The highest BCUT2D eigenvalue weighted by molar-refractivity contribution is 5.82. The zero-order valence-corrected chi connectivity index (χ0v) is 11.3. The molecule has 0 bridgehead atoms. The van der Waals surface area contributed by atoms with Crippen molar-refractivity contribution >= 4 is 29.8 Å². The molecule has 0 saturated carbocycles. The first-order chi connectivity index (χ1) is 9.97. The SMILES string of the molecule is N[C@@H](CCC(=O)O)C(=O)O.O=C(O)CC(CC(=O)O)C(=O)O. The van der Waals surface area contributed by atoms with Crippen LogP contribution >= 0.6 is 0 Å². The van der Waals surface area contributed by atoms with Crippen LogP contribution < -0.4 is 5.73 Å². The first-order valence-corrected chi connectivity index (χ1v) is 5.83. The highest BCUT2D eigenvalue weighted by atomic mass is 16.4. The predicted molar refractivity (Wildman–Crippen MR) is 68.1 cm³/mol. The number of rotatable bonds is 9. The molecule has 0 aliphatic rings. The van der Waals surface area contributed by atoms with Gasteiger partial charge in [-0.1, -0.05) is 0 Å². The van der Waals surface area contributed by atoms with Crippen LogP contribution in [0.2, 0.25) is 0 Å². The number of carboxylic acids is 5. The van der Waals surface area contributed by atoms with E-state index < -0.39 is 54.6 Å². The number of hydrogen-bond acceptors (Lipinski definition) is 6. The third kappa shape index (κ3) is 13.7. The smallest absolute Gasteiger partial charge is 0.320 e. The lowest BCUT2D eigenvalue weighted by Gasteiger charge is -2.04. The van der Waals surface area contributed by atoms with Crippen LogP contribution in [0, 0.1) is 5.92 Å². The largest absolute Gasteiger partial charge is 0.481 e. The molecule has 11 heteroatoms. The van der Waals surface area contributed by atoms with Crippen LogP contribution in [0.4, 0.5) is 0 Å². The minimum Gasteiger partial charge on any atom is -0.481 e. The van der Waals surface area contributed by atoms with Gasteiger partial charge in [0.2, 0.25) is 0 Å². The predicted octanol–water partition coefficient (Wildman–Crippen LogP) is -1.10. The fraction of sp³-hybridized carbons (Fsp3) is 0.545. The standard InChI is InChI=1S/C6H8O6.C5H9NO4/c7-4(8)1-3(6(11)12)2-5(9)10;6-3(5(9)10)1-2-4(7)8/h3H,1-2H2,(H,7,8)(H,9,10)(H,11,12);3H,1-2,6H2,(H,7,8)(H,9,10)/t;3-/m.0/s1. The van der Waals surface area contributed by atoms with E-state index in [0.29, 0.717) is 0 Å². The molecule has 0 aromatic rings. The van der Waals surface area contributed by atoms with Gasteiger partial charge >= 0.3 is 29.8 Å². The molecular weight excluding hydrogens is 306 g/mol. The Labute approximate surface area is 124 Å². The van der Waals surface area contributed by atoms with Crippen molar-refractivity contribution in [1.82, 2.24) is 0 Å². The summed E-state index contributed by atoms with van der Waals surface area (Å²) in [5, 5.41) is 41.0. The molecule has 0 spiro atoms. The molecule has 7 N–H and O–H groups in total. The molecule has 0 unspecified atom stereocenters. The first-order valence-electron chi connectivity index (χ1n) is 5.83. The van der Waals surface area contributed by atoms with Gasteiger partial charge in [0.25, 0.3) is 0 Å². The van der Waals surface area contributed by atoms with Gasteiger partial charge in [0.05, 0.1) is 18.8 Å². The molecule has 0 rings (SSSR count). The summed E-state index contributed by atoms with van der Waals surface area (Å²) in [6.07, 6.45) is -1.55. The summed E-state index contributed by atoms with van der Waals surface area (Å²) in [7, 11) is 0. The summed E-state index contributed by atoms with van der Waals surface area (Å²) in [6.45, 7) is 0. The van der Waals surface area contributed by atoms with Gasteiger partial charge in [0.15, 0.2) is 0 Å². The maximum absolute atomic E-state index is 10.2. The molecule has 0 aromatic heterocycles. The number of carboxylic acid groups (broad SMARTS) is 5. The lowest BCUT2D eigenvalue weighted by atomic mass is 10.0. The van der Waals surface area contributed by atoms with Gasteiger partial charge in [-0.3, -0.25) is 24.0 Å². The van der Waals surface area contributed by atoms with E-state index >= 15 is 0 Å². The van der Waals surface area contributed by atoms with Gasteiger partial charge in [0.1, 0.15) is 6.04 Å². The quantitative estimate of drug-likeness (QED) is 0.299. The fourth-order valence-corrected chi connectivity index (χ4v) is 1.07. The molecule has 1 atom stereocenters. The van der Waals surface area contributed by atoms with Gasteiger partial charge < -0.3 is 31.3 Å². The molecule has 126 valence electrons. The summed E-state index contributed by atoms with van der Waals surface area (Å²) in [6, 6.07) is -1.06. The van der Waals surface area contributed by atoms with Crippen molar-refractivity contribution < 1.29 is 49.5 Å². The first kappa shape index (κ1) is 21.6. The average molecular weight is 323 g/mol. The molecule has 0 radical (unpaired) electrons. The second-order valence-corrected chi connectivity index (χ2v) is 4.11. The Kier molecular flexibility index (Phi) is 10.8. The molecule has 0 amide bonds. The third-order valence-electron chi connectivity index (χ3n) is 2.18. The van der Waals surface area contributed by atoms with Gasteiger partial charge in [-0.15, -0.1) is 0 Å². The van der Waals surface area contributed by atoms with Crippen LogP contribution in [0.5, 0.6) is 0 Å². The Bertz CT molecular complexity index is 417. The van der Waals surface area contributed by atoms with Crippen molar-refractivity contribution in [3.63, 3.8) is 0 Å². The summed E-state index contributed by atoms with van der Waals surface area (Å²) in [5.41, 5.74) is 5.00. The lowest BCUT2D eigenvalue weighted by molar-refractivity contribution is -0.152. The van der Waals surface area contributed by atoms with Crippen LogP contribution in [-0.4, -0.2) is 61.4 Å². The Morgan fingerprint density at radius 1 is 0.727 bits per heavy atom. The van der Waals surface area contributed by atoms with Crippen molar-refractivity contribution in [2.24, 2.45) is 11.7 Å². The van der Waals surface area contributed by atoms with Crippen molar-refractivity contribution in [2.75, 3.05) is 0 Å². The monoisotopic (exact) mass is 323 g/mol. The summed E-state index contributed by atoms with van der Waals surface area (Å²) in [5.74, 6) is -7.58. The average Bonchev–Trinajstić information content (AvgIpc) is 2.34. The maximum Gasteiger partial charge on any atom is 0.320 e. The molecule has 0 heterocycles. The van der Waals surface area contributed by atoms with E-state index in [0.717, 1.165) is 0 Å². The summed E-state index contributed by atoms with van der Waals surface area (Å²) >= 11 is 0. The fourth-order valence-electron chi connectivity index (χ4n) is 1.07. The van der Waals surface area contributed by atoms with E-state index in [1.165, 1.54) is 0 Å². The Morgan fingerprint density at radius 3 is 1.36 bits per heavy atom. The highest BCUT2D eigenvalue weighted by Crippen LogP contribution is 2.08. The van der Waals surface area contributed by atoms with E-state index in [1.807, 2.05) is 0 Å². The van der Waals surface area contributed by atoms with Crippen molar-refractivity contribution in [1.29, 1.82) is 0 Å². The molecule has 0 fully saturated rings. The lowest BCUT2D eigenvalue weighted by Crippen LogP contribution is -2.30. The second-order valence-electron chi connectivity index (χ2n) is 4.11. The van der Waals surface area contributed by atoms with E-state index in [9.17, 15) is 24.0 Å². The van der Waals surface area contributed by atoms with Crippen LogP contribution in [0.15, 0.2) is 0 Å². The Hall–Kier alpha value is -2.69. The van der Waals surface area contributed by atoms with Crippen LogP contribution in [0.1, 0.15) is 25.7 Å². The van der Waals surface area contributed by atoms with E-state index in [4.69, 9.17) is 31.3 Å². The number of carbonyl (C=O) groups is 5. The van der Waals surface area contributed by atoms with Gasteiger partial charge in [-0.05, 0) is 6.42 Å². The Balaban J connectivity index is 0. The number of hydrogen-bond donors (Lipinski definition) is 6.